The van der Waals surface area contributed by atoms with Gasteiger partial charge in [0.15, 0.2) is 0 Å². The second kappa shape index (κ2) is 4.67. The molecule has 0 aliphatic rings. The fourth-order valence-corrected chi connectivity index (χ4v) is 1.93. The van der Waals surface area contributed by atoms with E-state index in [-0.39, 0.29) is 0 Å². The highest BCUT2D eigenvalue weighted by Gasteiger charge is 1.97. The minimum atomic E-state index is 0.799. The lowest BCUT2D eigenvalue weighted by Gasteiger charge is -2.03. The number of unbranched alkanes of at least 4 members (excludes halogenated alkanes) is 1. The molecule has 0 saturated heterocycles. The average molecular weight is 218 g/mol. The van der Waals surface area contributed by atoms with Crippen LogP contribution in [0.15, 0.2) is 36.4 Å². The van der Waals surface area contributed by atoms with Gasteiger partial charge in [-0.2, -0.15) is 0 Å². The molecule has 0 aliphatic carbocycles. The summed E-state index contributed by atoms with van der Waals surface area (Å²) in [5, 5.41) is 3.27. The van der Waals surface area contributed by atoms with Crippen molar-refractivity contribution >= 4 is 22.4 Å². The molecule has 0 saturated carbocycles. The Morgan fingerprint density at radius 2 is 1.73 bits per heavy atom. The summed E-state index contributed by atoms with van der Waals surface area (Å²) in [6.07, 6.45) is 3.26. The zero-order valence-electron chi connectivity index (χ0n) is 8.67. The largest absolute Gasteiger partial charge is 0.0843 e. The second-order valence-corrected chi connectivity index (χ2v) is 4.22. The van der Waals surface area contributed by atoms with Gasteiger partial charge in [-0.15, -0.1) is 0 Å². The van der Waals surface area contributed by atoms with Gasteiger partial charge in [0.2, 0.25) is 0 Å². The maximum Gasteiger partial charge on any atom is 0.0412 e. The van der Waals surface area contributed by atoms with Gasteiger partial charge in [0.25, 0.3) is 0 Å². The Morgan fingerprint density at radius 3 is 2.53 bits per heavy atom. The normalized spacial score (nSPS) is 10.8. The van der Waals surface area contributed by atoms with Gasteiger partial charge < -0.3 is 0 Å². The molecule has 0 nitrogen and oxygen atoms in total. The zero-order valence-corrected chi connectivity index (χ0v) is 9.43. The standard InChI is InChI=1S/C14H14Cl/c1-2-3-4-11-5-6-13-10-14(15)8-7-12(13)9-11/h5-10H,1-4H2. The molecule has 0 fully saturated rings. The molecule has 0 N–H and O–H groups in total. The van der Waals surface area contributed by atoms with Crippen molar-refractivity contribution in [1.29, 1.82) is 0 Å². The molecule has 1 radical (unpaired) electrons. The number of fused-ring (bicyclic) bond motifs is 1. The minimum Gasteiger partial charge on any atom is -0.0843 e. The van der Waals surface area contributed by atoms with Gasteiger partial charge in [-0.05, 0) is 41.3 Å². The van der Waals surface area contributed by atoms with Crippen LogP contribution < -0.4 is 0 Å². The summed E-state index contributed by atoms with van der Waals surface area (Å²) in [7, 11) is 0. The maximum atomic E-state index is 5.93. The first-order valence-electron chi connectivity index (χ1n) is 5.27. The van der Waals surface area contributed by atoms with Gasteiger partial charge in [-0.1, -0.05) is 49.2 Å². The van der Waals surface area contributed by atoms with E-state index in [4.69, 9.17) is 11.6 Å². The van der Waals surface area contributed by atoms with Gasteiger partial charge in [-0.3, -0.25) is 0 Å². The van der Waals surface area contributed by atoms with E-state index in [2.05, 4.69) is 31.2 Å². The van der Waals surface area contributed by atoms with Crippen molar-refractivity contribution in [2.75, 3.05) is 0 Å². The van der Waals surface area contributed by atoms with E-state index in [1.807, 2.05) is 12.1 Å². The molecule has 77 valence electrons. The quantitative estimate of drug-likeness (QED) is 0.702. The minimum absolute atomic E-state index is 0.799. The van der Waals surface area contributed by atoms with Crippen molar-refractivity contribution in [3.8, 4) is 0 Å². The third kappa shape index (κ3) is 2.51. The van der Waals surface area contributed by atoms with Gasteiger partial charge in [-0.25, -0.2) is 0 Å². The molecule has 0 spiro atoms. The highest BCUT2D eigenvalue weighted by molar-refractivity contribution is 6.31. The van der Waals surface area contributed by atoms with Crippen LogP contribution >= 0.6 is 11.6 Å². The van der Waals surface area contributed by atoms with E-state index in [1.165, 1.54) is 16.3 Å². The summed E-state index contributed by atoms with van der Waals surface area (Å²) in [5.41, 5.74) is 1.38. The lowest BCUT2D eigenvalue weighted by Crippen LogP contribution is -1.84. The van der Waals surface area contributed by atoms with Crippen LogP contribution in [-0.2, 0) is 6.42 Å². The van der Waals surface area contributed by atoms with Crippen molar-refractivity contribution in [3.05, 3.63) is 53.9 Å². The second-order valence-electron chi connectivity index (χ2n) is 3.78. The third-order valence-corrected chi connectivity index (χ3v) is 2.82. The first kappa shape index (κ1) is 10.5. The molecule has 0 amide bonds. The summed E-state index contributed by atoms with van der Waals surface area (Å²) in [6, 6.07) is 12.6. The first-order chi connectivity index (χ1) is 7.29. The molecule has 0 aliphatic heterocycles. The Balaban J connectivity index is 2.34. The van der Waals surface area contributed by atoms with Crippen LogP contribution in [0.2, 0.25) is 5.02 Å². The molecular weight excluding hydrogens is 204 g/mol. The highest BCUT2D eigenvalue weighted by atomic mass is 35.5. The molecule has 2 aromatic rings. The Labute approximate surface area is 95.9 Å². The van der Waals surface area contributed by atoms with E-state index < -0.39 is 0 Å². The van der Waals surface area contributed by atoms with Crippen molar-refractivity contribution in [2.45, 2.75) is 19.3 Å². The molecule has 2 aromatic carbocycles. The van der Waals surface area contributed by atoms with Gasteiger partial charge in [0.1, 0.15) is 0 Å². The Bertz CT molecular complexity index is 460. The molecule has 0 bridgehead atoms. The summed E-state index contributed by atoms with van der Waals surface area (Å²) >= 11 is 5.93. The number of aryl methyl sites for hydroxylation is 1. The van der Waals surface area contributed by atoms with Gasteiger partial charge in [0.05, 0.1) is 0 Å². The lowest BCUT2D eigenvalue weighted by atomic mass is 10.0. The Hall–Kier alpha value is -1.01. The monoisotopic (exact) mass is 217 g/mol. The number of benzene rings is 2. The van der Waals surface area contributed by atoms with Crippen LogP contribution in [0.3, 0.4) is 0 Å². The van der Waals surface area contributed by atoms with E-state index >= 15 is 0 Å². The average Bonchev–Trinajstić information content (AvgIpc) is 2.26. The molecular formula is C14H14Cl. The van der Waals surface area contributed by atoms with Crippen LogP contribution in [0.25, 0.3) is 10.8 Å². The summed E-state index contributed by atoms with van der Waals surface area (Å²) < 4.78 is 0. The number of hydrogen-bond acceptors (Lipinski definition) is 0. The fraction of sp³-hybridized carbons (Fsp3) is 0.214. The Kier molecular flexibility index (Phi) is 3.27. The van der Waals surface area contributed by atoms with Crippen molar-refractivity contribution in [1.82, 2.24) is 0 Å². The van der Waals surface area contributed by atoms with E-state index in [0.717, 1.165) is 24.3 Å². The molecule has 0 atom stereocenters. The third-order valence-electron chi connectivity index (χ3n) is 2.58. The fourth-order valence-electron chi connectivity index (χ4n) is 1.75. The van der Waals surface area contributed by atoms with Crippen LogP contribution in [-0.4, -0.2) is 0 Å². The predicted molar refractivity (Wildman–Crippen MR) is 67.3 cm³/mol. The summed E-state index contributed by atoms with van der Waals surface area (Å²) in [5.74, 6) is 0. The van der Waals surface area contributed by atoms with Crippen LogP contribution in [0, 0.1) is 6.92 Å². The van der Waals surface area contributed by atoms with Crippen LogP contribution in [0.1, 0.15) is 18.4 Å². The summed E-state index contributed by atoms with van der Waals surface area (Å²) in [6.45, 7) is 3.86. The van der Waals surface area contributed by atoms with Crippen LogP contribution in [0.5, 0.6) is 0 Å². The predicted octanol–water partition coefficient (Wildman–Crippen LogP) is 4.65. The van der Waals surface area contributed by atoms with Crippen molar-refractivity contribution in [3.63, 3.8) is 0 Å². The molecule has 0 heterocycles. The van der Waals surface area contributed by atoms with Crippen molar-refractivity contribution in [2.24, 2.45) is 0 Å². The first-order valence-corrected chi connectivity index (χ1v) is 5.65. The number of halogens is 1. The van der Waals surface area contributed by atoms with E-state index in [0.29, 0.717) is 0 Å². The zero-order chi connectivity index (χ0) is 10.7. The smallest absolute Gasteiger partial charge is 0.0412 e. The highest BCUT2D eigenvalue weighted by Crippen LogP contribution is 2.21. The van der Waals surface area contributed by atoms with Gasteiger partial charge in [0, 0.05) is 5.02 Å². The topological polar surface area (TPSA) is 0 Å². The molecule has 15 heavy (non-hydrogen) atoms. The number of rotatable bonds is 3. The lowest BCUT2D eigenvalue weighted by molar-refractivity contribution is 0.842. The Morgan fingerprint density at radius 1 is 1.00 bits per heavy atom. The maximum absolute atomic E-state index is 5.93. The molecule has 1 heteroatoms. The SMILES string of the molecule is [CH2]CCCc1ccc2cc(Cl)ccc2c1. The van der Waals surface area contributed by atoms with E-state index in [9.17, 15) is 0 Å². The number of hydrogen-bond donors (Lipinski definition) is 0. The van der Waals surface area contributed by atoms with Crippen molar-refractivity contribution < 1.29 is 0 Å². The molecule has 2 rings (SSSR count). The summed E-state index contributed by atoms with van der Waals surface area (Å²) in [4.78, 5) is 0. The van der Waals surface area contributed by atoms with Crippen LogP contribution in [0.4, 0.5) is 0 Å². The molecule has 0 aromatic heterocycles. The van der Waals surface area contributed by atoms with E-state index in [1.54, 1.807) is 0 Å². The molecule has 0 unspecified atom stereocenters. The van der Waals surface area contributed by atoms with Gasteiger partial charge >= 0.3 is 0 Å².